The third kappa shape index (κ3) is 33.0. The summed E-state index contributed by atoms with van der Waals surface area (Å²) in [6, 6.07) is 0. The van der Waals surface area contributed by atoms with Gasteiger partial charge in [0, 0.05) is 0 Å². The minimum absolute atomic E-state index is 0.105. The Kier molecular flexibility index (Phi) is 30.5. The van der Waals surface area contributed by atoms with Gasteiger partial charge in [-0.1, -0.05) is 181 Å². The zero-order chi connectivity index (χ0) is 30.3. The van der Waals surface area contributed by atoms with Gasteiger partial charge >= 0.3 is 15.6 Å². The summed E-state index contributed by atoms with van der Waals surface area (Å²) in [5, 5.41) is 0. The summed E-state index contributed by atoms with van der Waals surface area (Å²) < 4.78 is 39.0. The summed E-state index contributed by atoms with van der Waals surface area (Å²) in [4.78, 5) is 18.3. The fourth-order valence-electron chi connectivity index (χ4n) is 5.16. The minimum atomic E-state index is -4.98. The fourth-order valence-corrected chi connectivity index (χ4v) is 7.36. The van der Waals surface area contributed by atoms with Gasteiger partial charge in [-0.3, -0.25) is 9.05 Å². The smallest absolute Gasteiger partial charge is 0.302 e. The van der Waals surface area contributed by atoms with Crippen LogP contribution < -0.4 is 0 Å². The molecule has 0 bridgehead atoms. The van der Waals surface area contributed by atoms with Crippen LogP contribution in [0.1, 0.15) is 194 Å². The number of phosphoric ester groups is 1. The van der Waals surface area contributed by atoms with Crippen molar-refractivity contribution in [2.75, 3.05) is 13.2 Å². The van der Waals surface area contributed by atoms with Gasteiger partial charge in [-0.15, -0.1) is 0 Å². The van der Waals surface area contributed by atoms with Crippen molar-refractivity contribution >= 4 is 15.6 Å². The van der Waals surface area contributed by atoms with E-state index in [0.29, 0.717) is 12.8 Å². The van der Waals surface area contributed by atoms with Gasteiger partial charge in [-0.2, -0.15) is 4.31 Å². The van der Waals surface area contributed by atoms with Crippen molar-refractivity contribution in [2.24, 2.45) is 0 Å². The normalized spacial score (nSPS) is 12.4. The van der Waals surface area contributed by atoms with Crippen LogP contribution in [0.5, 0.6) is 0 Å². The zero-order valence-corrected chi connectivity index (χ0v) is 28.8. The van der Waals surface area contributed by atoms with Crippen LogP contribution in [0.3, 0.4) is 0 Å². The first-order valence-electron chi connectivity index (χ1n) is 17.5. The molecule has 0 rings (SSSR count). The lowest BCUT2D eigenvalue weighted by atomic mass is 10.0. The van der Waals surface area contributed by atoms with E-state index in [1.165, 1.54) is 141 Å². The lowest BCUT2D eigenvalue weighted by Crippen LogP contribution is -2.02. The van der Waals surface area contributed by atoms with Gasteiger partial charge in [0.1, 0.15) is 0 Å². The van der Waals surface area contributed by atoms with Crippen molar-refractivity contribution in [2.45, 2.75) is 194 Å². The average Bonchev–Trinajstić information content (AvgIpc) is 2.92. The molecule has 9 heteroatoms. The summed E-state index contributed by atoms with van der Waals surface area (Å²) in [6.45, 7) is 4.72. The van der Waals surface area contributed by atoms with E-state index >= 15 is 0 Å². The molecule has 0 saturated carbocycles. The predicted molar refractivity (Wildman–Crippen MR) is 173 cm³/mol. The zero-order valence-electron chi connectivity index (χ0n) is 27.0. The van der Waals surface area contributed by atoms with Crippen LogP contribution in [-0.2, 0) is 22.5 Å². The SMILES string of the molecule is CCCCCCCCCCCCCCCCOP(=O)(OCCCCCCCCCCCCCCCC)OP(=O)(O)O. The minimum Gasteiger partial charge on any atom is -0.302 e. The highest BCUT2D eigenvalue weighted by Gasteiger charge is 2.35. The molecule has 0 unspecified atom stereocenters. The second-order valence-electron chi connectivity index (χ2n) is 11.9. The molecule has 248 valence electrons. The van der Waals surface area contributed by atoms with E-state index in [4.69, 9.17) is 18.8 Å². The molecule has 0 amide bonds. The molecule has 41 heavy (non-hydrogen) atoms. The quantitative estimate of drug-likeness (QED) is 0.0541. The second kappa shape index (κ2) is 30.3. The molecule has 0 saturated heterocycles. The predicted octanol–water partition coefficient (Wildman–Crippen LogP) is 12.2. The summed E-state index contributed by atoms with van der Waals surface area (Å²) in [5.74, 6) is 0. The maximum atomic E-state index is 12.7. The van der Waals surface area contributed by atoms with Crippen molar-refractivity contribution in [1.82, 2.24) is 0 Å². The van der Waals surface area contributed by atoms with Crippen LogP contribution in [0.15, 0.2) is 0 Å². The summed E-state index contributed by atoms with van der Waals surface area (Å²) >= 11 is 0. The van der Waals surface area contributed by atoms with E-state index in [1.807, 2.05) is 0 Å². The van der Waals surface area contributed by atoms with E-state index in [0.717, 1.165) is 25.7 Å². The second-order valence-corrected chi connectivity index (χ2v) is 14.9. The Morgan fingerprint density at radius 2 is 0.610 bits per heavy atom. The van der Waals surface area contributed by atoms with E-state index in [9.17, 15) is 9.13 Å². The number of phosphoric acid groups is 2. The van der Waals surface area contributed by atoms with Crippen LogP contribution in [0, 0.1) is 0 Å². The number of hydrogen-bond donors (Lipinski definition) is 2. The van der Waals surface area contributed by atoms with E-state index in [-0.39, 0.29) is 13.2 Å². The number of unbranched alkanes of at least 4 members (excludes halogenated alkanes) is 26. The molecular formula is C32H68O7P2. The fraction of sp³-hybridized carbons (Fsp3) is 1.00. The highest BCUT2D eigenvalue weighted by atomic mass is 31.3. The van der Waals surface area contributed by atoms with E-state index in [1.54, 1.807) is 0 Å². The maximum Gasteiger partial charge on any atom is 0.483 e. The highest BCUT2D eigenvalue weighted by molar-refractivity contribution is 7.61. The molecule has 0 aromatic heterocycles. The van der Waals surface area contributed by atoms with Gasteiger partial charge in [0.2, 0.25) is 0 Å². The van der Waals surface area contributed by atoms with Crippen molar-refractivity contribution in [3.63, 3.8) is 0 Å². The first kappa shape index (κ1) is 41.3. The molecule has 0 heterocycles. The van der Waals surface area contributed by atoms with Crippen LogP contribution in [0.4, 0.5) is 0 Å². The molecule has 0 aliphatic heterocycles. The average molecular weight is 627 g/mol. The van der Waals surface area contributed by atoms with Crippen LogP contribution in [-0.4, -0.2) is 23.0 Å². The van der Waals surface area contributed by atoms with Crippen molar-refractivity contribution < 1.29 is 32.3 Å². The van der Waals surface area contributed by atoms with Gasteiger partial charge in [-0.05, 0) is 12.8 Å². The lowest BCUT2D eigenvalue weighted by molar-refractivity contribution is 0.136. The molecule has 2 N–H and O–H groups in total. The number of hydrogen-bond acceptors (Lipinski definition) is 5. The third-order valence-electron chi connectivity index (χ3n) is 7.70. The summed E-state index contributed by atoms with van der Waals surface area (Å²) in [6.07, 6.45) is 34.3. The standard InChI is InChI=1S/C32H68O7P2/c1-3-5-7-9-11-13-15-17-19-21-23-25-27-29-31-37-41(36,39-40(33,34)35)38-32-30-28-26-24-22-20-18-16-14-12-10-8-6-4-2/h3-32H2,1-2H3,(H2,33,34,35). The molecule has 0 spiro atoms. The maximum absolute atomic E-state index is 12.7. The summed E-state index contributed by atoms with van der Waals surface area (Å²) in [7, 11) is -9.26. The van der Waals surface area contributed by atoms with Crippen molar-refractivity contribution in [3.8, 4) is 0 Å². The number of rotatable bonds is 34. The molecule has 7 nitrogen and oxygen atoms in total. The first-order valence-corrected chi connectivity index (χ1v) is 20.5. The van der Waals surface area contributed by atoms with Gasteiger partial charge < -0.3 is 9.79 Å². The van der Waals surface area contributed by atoms with Crippen LogP contribution in [0.25, 0.3) is 0 Å². The van der Waals surface area contributed by atoms with Crippen LogP contribution in [0.2, 0.25) is 0 Å². The third-order valence-corrected chi connectivity index (χ3v) is 10.3. The first-order chi connectivity index (χ1) is 19.8. The van der Waals surface area contributed by atoms with E-state index < -0.39 is 15.6 Å². The highest BCUT2D eigenvalue weighted by Crippen LogP contribution is 2.61. The van der Waals surface area contributed by atoms with E-state index in [2.05, 4.69) is 18.2 Å². The Hall–Kier alpha value is 0.260. The molecule has 0 aliphatic rings. The Labute approximate surface area is 254 Å². The largest absolute Gasteiger partial charge is 0.483 e. The van der Waals surface area contributed by atoms with Crippen molar-refractivity contribution in [3.05, 3.63) is 0 Å². The van der Waals surface area contributed by atoms with Gasteiger partial charge in [-0.25, -0.2) is 9.13 Å². The Morgan fingerprint density at radius 1 is 0.390 bits per heavy atom. The monoisotopic (exact) mass is 626 g/mol. The molecule has 0 fully saturated rings. The molecule has 0 aromatic rings. The van der Waals surface area contributed by atoms with Crippen molar-refractivity contribution in [1.29, 1.82) is 0 Å². The van der Waals surface area contributed by atoms with Crippen LogP contribution >= 0.6 is 15.6 Å². The van der Waals surface area contributed by atoms with Gasteiger partial charge in [0.05, 0.1) is 13.2 Å². The Bertz CT molecular complexity index is 589. The molecule has 0 aliphatic carbocycles. The summed E-state index contributed by atoms with van der Waals surface area (Å²) in [5.41, 5.74) is 0. The molecule has 0 atom stereocenters. The molecule has 0 radical (unpaired) electrons. The lowest BCUT2D eigenvalue weighted by Gasteiger charge is -2.18. The molecule has 0 aromatic carbocycles. The van der Waals surface area contributed by atoms with Gasteiger partial charge in [0.25, 0.3) is 0 Å². The topological polar surface area (TPSA) is 102 Å². The Morgan fingerprint density at radius 3 is 0.829 bits per heavy atom. The van der Waals surface area contributed by atoms with Gasteiger partial charge in [0.15, 0.2) is 0 Å². The Balaban J connectivity index is 3.75. The molecular weight excluding hydrogens is 558 g/mol.